The Morgan fingerprint density at radius 3 is 2.02 bits per heavy atom. The summed E-state index contributed by atoms with van der Waals surface area (Å²) in [7, 11) is 0. The van der Waals surface area contributed by atoms with Gasteiger partial charge in [-0.3, -0.25) is 0 Å². The van der Waals surface area contributed by atoms with Crippen LogP contribution in [0.4, 0.5) is 0 Å². The topological polar surface area (TPSA) is 54.8 Å². The van der Waals surface area contributed by atoms with Crippen molar-refractivity contribution >= 4 is 86.9 Å². The summed E-state index contributed by atoms with van der Waals surface area (Å²) in [6.45, 7) is 0. The minimum absolute atomic E-state index is 0.272. The van der Waals surface area contributed by atoms with E-state index in [0.29, 0.717) is 5.84 Å². The molecule has 0 fully saturated rings. The Morgan fingerprint density at radius 2 is 1.21 bits per heavy atom. The molecule has 0 saturated heterocycles. The van der Waals surface area contributed by atoms with E-state index >= 15 is 0 Å². The molecule has 1 unspecified atom stereocenters. The molecule has 1 atom stereocenters. The van der Waals surface area contributed by atoms with Gasteiger partial charge in [0, 0.05) is 64.1 Å². The number of nitrogens with zero attached hydrogens (tertiary/aromatic N) is 3. The van der Waals surface area contributed by atoms with Crippen LogP contribution in [0.2, 0.25) is 0 Å². The average molecular weight is 749 g/mol. The molecule has 0 saturated carbocycles. The lowest BCUT2D eigenvalue weighted by atomic mass is 9.97. The summed E-state index contributed by atoms with van der Waals surface area (Å²) >= 11 is 1.84. The molecule has 8 aromatic carbocycles. The molecule has 1 aliphatic rings. The van der Waals surface area contributed by atoms with Crippen LogP contribution in [0.15, 0.2) is 196 Å². The zero-order valence-corrected chi connectivity index (χ0v) is 31.4. The average Bonchev–Trinajstić information content (AvgIpc) is 3.96. The fraction of sp³-hybridized carbons (Fsp3) is 0.0196. The first kappa shape index (κ1) is 32.0. The van der Waals surface area contributed by atoms with Crippen LogP contribution in [0, 0.1) is 0 Å². The zero-order valence-electron chi connectivity index (χ0n) is 30.6. The van der Waals surface area contributed by atoms with Crippen molar-refractivity contribution in [1.82, 2.24) is 9.88 Å². The number of benzene rings is 8. The standard InChI is InChI=1S/C51H32N4OS/c1-3-13-31(14-4-1)49-52-50(32-15-5-2-6-16-32)54-51(53-49)33-25-27-37-39-20-11-21-40(48(39)56-44(37)29-33)38-19-12-24-45-47(38)41-28-26-34(30-46(41)57-45)55-42-22-9-7-17-35(42)36-18-8-10-23-43(36)55/h1-30,49H,(H,52,53,54). The van der Waals surface area contributed by atoms with Gasteiger partial charge in [0.2, 0.25) is 0 Å². The van der Waals surface area contributed by atoms with Crippen LogP contribution in [0.1, 0.15) is 22.9 Å². The maximum absolute atomic E-state index is 6.86. The summed E-state index contributed by atoms with van der Waals surface area (Å²) < 4.78 is 11.8. The van der Waals surface area contributed by atoms with Gasteiger partial charge in [0.15, 0.2) is 5.84 Å². The molecule has 0 radical (unpaired) electrons. The molecule has 3 aromatic heterocycles. The quantitative estimate of drug-likeness (QED) is 0.191. The number of fused-ring (bicyclic) bond motifs is 9. The second-order valence-electron chi connectivity index (χ2n) is 14.6. The van der Waals surface area contributed by atoms with Gasteiger partial charge in [-0.2, -0.15) is 0 Å². The molecule has 0 aliphatic carbocycles. The lowest BCUT2D eigenvalue weighted by Gasteiger charge is -2.23. The number of amidine groups is 2. The van der Waals surface area contributed by atoms with Crippen molar-refractivity contribution < 1.29 is 4.42 Å². The predicted octanol–water partition coefficient (Wildman–Crippen LogP) is 13.2. The van der Waals surface area contributed by atoms with Gasteiger partial charge in [-0.15, -0.1) is 11.3 Å². The fourth-order valence-electron chi connectivity index (χ4n) is 8.66. The molecule has 1 aliphatic heterocycles. The van der Waals surface area contributed by atoms with Gasteiger partial charge in [-0.1, -0.05) is 140 Å². The Morgan fingerprint density at radius 1 is 0.526 bits per heavy atom. The van der Waals surface area contributed by atoms with Crippen molar-refractivity contribution in [3.63, 3.8) is 0 Å². The Balaban J connectivity index is 0.986. The van der Waals surface area contributed by atoms with Crippen molar-refractivity contribution in [2.45, 2.75) is 6.17 Å². The van der Waals surface area contributed by atoms with Gasteiger partial charge in [-0.05, 0) is 53.6 Å². The van der Waals surface area contributed by atoms with E-state index in [4.69, 9.17) is 14.4 Å². The second kappa shape index (κ2) is 12.6. The second-order valence-corrected chi connectivity index (χ2v) is 15.6. The predicted molar refractivity (Wildman–Crippen MR) is 238 cm³/mol. The zero-order chi connectivity index (χ0) is 37.5. The summed E-state index contributed by atoms with van der Waals surface area (Å²) in [6, 6.07) is 64.3. The summed E-state index contributed by atoms with van der Waals surface area (Å²) in [6.07, 6.45) is -0.272. The third-order valence-corrected chi connectivity index (χ3v) is 12.4. The van der Waals surface area contributed by atoms with Gasteiger partial charge < -0.3 is 14.3 Å². The van der Waals surface area contributed by atoms with Gasteiger partial charge >= 0.3 is 0 Å². The molecule has 268 valence electrons. The van der Waals surface area contributed by atoms with E-state index in [9.17, 15) is 0 Å². The van der Waals surface area contributed by atoms with E-state index in [2.05, 4.69) is 155 Å². The highest BCUT2D eigenvalue weighted by Gasteiger charge is 2.23. The molecular weight excluding hydrogens is 717 g/mol. The van der Waals surface area contributed by atoms with E-state index in [1.807, 2.05) is 47.7 Å². The molecule has 0 amide bonds. The Kier molecular flexibility index (Phi) is 7.09. The van der Waals surface area contributed by atoms with Gasteiger partial charge in [0.05, 0.1) is 11.0 Å². The monoisotopic (exact) mass is 748 g/mol. The number of rotatable bonds is 5. The number of thiophene rings is 1. The van der Waals surface area contributed by atoms with Crippen molar-refractivity contribution in [3.8, 4) is 16.8 Å². The largest absolute Gasteiger partial charge is 0.455 e. The molecule has 0 spiro atoms. The van der Waals surface area contributed by atoms with E-state index in [-0.39, 0.29) is 6.17 Å². The van der Waals surface area contributed by atoms with Gasteiger partial charge in [0.25, 0.3) is 0 Å². The van der Waals surface area contributed by atoms with E-state index in [0.717, 1.165) is 55.7 Å². The Hall–Kier alpha value is -7.28. The van der Waals surface area contributed by atoms with Crippen molar-refractivity contribution in [2.24, 2.45) is 9.98 Å². The SMILES string of the molecule is c1ccc(C2=NC(c3ccc4c(c3)oc3c(-c5cccc6sc7cc(-n8c9ccccc9c9ccccc98)ccc7c56)cccc34)=NC(c3ccccc3)N2)cc1. The fourth-order valence-corrected chi connectivity index (χ4v) is 9.82. The number of aliphatic imine (C=N–C) groups is 2. The number of furan rings is 1. The lowest BCUT2D eigenvalue weighted by molar-refractivity contribution is 0.668. The molecule has 4 heterocycles. The maximum Gasteiger partial charge on any atom is 0.159 e. The van der Waals surface area contributed by atoms with Crippen molar-refractivity contribution in [1.29, 1.82) is 0 Å². The molecule has 11 aromatic rings. The molecule has 0 bridgehead atoms. The number of hydrogen-bond acceptors (Lipinski definition) is 5. The van der Waals surface area contributed by atoms with Crippen LogP contribution in [0.3, 0.4) is 0 Å². The highest BCUT2D eigenvalue weighted by Crippen LogP contribution is 2.44. The maximum atomic E-state index is 6.86. The van der Waals surface area contributed by atoms with E-state index in [1.54, 1.807) is 0 Å². The first-order chi connectivity index (χ1) is 28.2. The van der Waals surface area contributed by atoms with E-state index < -0.39 is 0 Å². The minimum Gasteiger partial charge on any atom is -0.455 e. The summed E-state index contributed by atoms with van der Waals surface area (Å²) in [4.78, 5) is 10.2. The number of para-hydroxylation sites is 3. The van der Waals surface area contributed by atoms with Crippen LogP contribution in [-0.2, 0) is 0 Å². The first-order valence-electron chi connectivity index (χ1n) is 19.2. The molecular formula is C51H32N4OS. The lowest BCUT2D eigenvalue weighted by Crippen LogP contribution is -2.33. The van der Waals surface area contributed by atoms with Crippen molar-refractivity contribution in [3.05, 3.63) is 199 Å². The molecule has 6 heteroatoms. The third-order valence-electron chi connectivity index (χ3n) is 11.3. The Bertz CT molecular complexity index is 3390. The van der Waals surface area contributed by atoms with Crippen LogP contribution >= 0.6 is 11.3 Å². The highest BCUT2D eigenvalue weighted by atomic mass is 32.1. The van der Waals surface area contributed by atoms with Gasteiger partial charge in [-0.25, -0.2) is 9.98 Å². The van der Waals surface area contributed by atoms with E-state index in [1.165, 1.54) is 47.5 Å². The highest BCUT2D eigenvalue weighted by molar-refractivity contribution is 7.26. The molecule has 12 rings (SSSR count). The minimum atomic E-state index is -0.272. The van der Waals surface area contributed by atoms with Crippen LogP contribution < -0.4 is 5.32 Å². The number of aromatic nitrogens is 1. The summed E-state index contributed by atoms with van der Waals surface area (Å²) in [5.74, 6) is 1.46. The van der Waals surface area contributed by atoms with Crippen LogP contribution in [0.5, 0.6) is 0 Å². The number of hydrogen-bond donors (Lipinski definition) is 1. The first-order valence-corrected chi connectivity index (χ1v) is 20.0. The normalized spacial score (nSPS) is 14.5. The van der Waals surface area contributed by atoms with Gasteiger partial charge in [0.1, 0.15) is 23.2 Å². The Labute approximate surface area is 331 Å². The third kappa shape index (κ3) is 5.08. The van der Waals surface area contributed by atoms with Crippen LogP contribution in [-0.4, -0.2) is 16.2 Å². The molecule has 57 heavy (non-hydrogen) atoms. The summed E-state index contributed by atoms with van der Waals surface area (Å²) in [5, 5.41) is 10.7. The van der Waals surface area contributed by atoms with Crippen molar-refractivity contribution in [2.75, 3.05) is 0 Å². The number of nitrogens with one attached hydrogen (secondary N) is 1. The smallest absolute Gasteiger partial charge is 0.159 e. The molecule has 1 N–H and O–H groups in total. The summed E-state index contributed by atoms with van der Waals surface area (Å²) in [5.41, 5.74) is 10.5. The molecule has 5 nitrogen and oxygen atoms in total. The van der Waals surface area contributed by atoms with Crippen LogP contribution in [0.25, 0.3) is 80.7 Å².